The van der Waals surface area contributed by atoms with Gasteiger partial charge in [-0.1, -0.05) is 25.5 Å². The van der Waals surface area contributed by atoms with Crippen LogP contribution in [0.15, 0.2) is 17.0 Å². The Morgan fingerprint density at radius 1 is 1.47 bits per heavy atom. The fourth-order valence-electron chi connectivity index (χ4n) is 2.32. The minimum absolute atomic E-state index is 0.697. The van der Waals surface area contributed by atoms with Crippen LogP contribution in [-0.2, 0) is 13.1 Å². The Morgan fingerprint density at radius 2 is 2.32 bits per heavy atom. The van der Waals surface area contributed by atoms with E-state index < -0.39 is 0 Å². The Kier molecular flexibility index (Phi) is 5.55. The van der Waals surface area contributed by atoms with Crippen molar-refractivity contribution in [2.75, 3.05) is 19.6 Å². The van der Waals surface area contributed by atoms with Gasteiger partial charge in [0.2, 0.25) is 0 Å². The third-order valence-electron chi connectivity index (χ3n) is 3.22. The molecule has 0 fully saturated rings. The number of aromatic nitrogens is 1. The van der Waals surface area contributed by atoms with Gasteiger partial charge in [-0.2, -0.15) is 0 Å². The van der Waals surface area contributed by atoms with Crippen LogP contribution >= 0.6 is 11.3 Å². The SMILES string of the molecule is CC1=CCCN(Cc2csc(CNCC(C)C)n2)C1. The molecule has 1 aliphatic rings. The van der Waals surface area contributed by atoms with Crippen molar-refractivity contribution in [2.24, 2.45) is 5.92 Å². The van der Waals surface area contributed by atoms with E-state index >= 15 is 0 Å². The fourth-order valence-corrected chi connectivity index (χ4v) is 3.08. The van der Waals surface area contributed by atoms with Gasteiger partial charge in [0.25, 0.3) is 0 Å². The van der Waals surface area contributed by atoms with Crippen molar-refractivity contribution in [1.82, 2.24) is 15.2 Å². The number of nitrogens with zero attached hydrogens (tertiary/aromatic N) is 2. The molecule has 0 atom stereocenters. The number of hydrogen-bond donors (Lipinski definition) is 1. The first kappa shape index (κ1) is 14.7. The Balaban J connectivity index is 1.79. The Bertz CT molecular complexity index is 423. The van der Waals surface area contributed by atoms with Crippen molar-refractivity contribution in [3.05, 3.63) is 27.7 Å². The molecule has 0 radical (unpaired) electrons. The van der Waals surface area contributed by atoms with Crippen LogP contribution in [-0.4, -0.2) is 29.5 Å². The summed E-state index contributed by atoms with van der Waals surface area (Å²) in [5, 5.41) is 6.87. The highest BCUT2D eigenvalue weighted by Gasteiger charge is 2.12. The summed E-state index contributed by atoms with van der Waals surface area (Å²) in [6.45, 7) is 11.9. The molecule has 0 saturated heterocycles. The van der Waals surface area contributed by atoms with Crippen LogP contribution in [0.4, 0.5) is 0 Å². The van der Waals surface area contributed by atoms with E-state index in [0.717, 1.165) is 32.7 Å². The van der Waals surface area contributed by atoms with Gasteiger partial charge in [-0.25, -0.2) is 4.98 Å². The molecule has 0 unspecified atom stereocenters. The van der Waals surface area contributed by atoms with Gasteiger partial charge in [-0.15, -0.1) is 11.3 Å². The molecule has 1 aliphatic heterocycles. The molecule has 0 spiro atoms. The molecule has 0 aliphatic carbocycles. The van der Waals surface area contributed by atoms with E-state index in [2.05, 4.69) is 42.4 Å². The van der Waals surface area contributed by atoms with Gasteiger partial charge in [0.15, 0.2) is 0 Å². The molecule has 4 heteroatoms. The maximum atomic E-state index is 4.72. The zero-order valence-corrected chi connectivity index (χ0v) is 13.1. The largest absolute Gasteiger partial charge is 0.310 e. The van der Waals surface area contributed by atoms with Crippen molar-refractivity contribution >= 4 is 11.3 Å². The number of rotatable bonds is 6. The normalized spacial score (nSPS) is 16.9. The minimum atomic E-state index is 0.697. The lowest BCUT2D eigenvalue weighted by atomic mass is 10.1. The van der Waals surface area contributed by atoms with Crippen molar-refractivity contribution in [1.29, 1.82) is 0 Å². The second-order valence-electron chi connectivity index (χ2n) is 5.81. The summed E-state index contributed by atoms with van der Waals surface area (Å²) in [6, 6.07) is 0. The summed E-state index contributed by atoms with van der Waals surface area (Å²) in [5.41, 5.74) is 2.71. The smallest absolute Gasteiger partial charge is 0.107 e. The standard InChI is InChI=1S/C15H25N3S/c1-12(2)7-16-8-15-17-14(11-19-15)10-18-6-4-5-13(3)9-18/h5,11-12,16H,4,6-10H2,1-3H3. The third kappa shape index (κ3) is 5.05. The van der Waals surface area contributed by atoms with E-state index in [9.17, 15) is 0 Å². The molecule has 1 aromatic heterocycles. The van der Waals surface area contributed by atoms with Gasteiger partial charge in [-0.3, -0.25) is 4.90 Å². The summed E-state index contributed by atoms with van der Waals surface area (Å²) in [7, 11) is 0. The summed E-state index contributed by atoms with van der Waals surface area (Å²) in [6.07, 6.45) is 3.53. The summed E-state index contributed by atoms with van der Waals surface area (Å²) in [5.74, 6) is 0.697. The first-order valence-electron chi connectivity index (χ1n) is 7.15. The zero-order valence-electron chi connectivity index (χ0n) is 12.3. The molecule has 2 rings (SSSR count). The number of hydrogen-bond acceptors (Lipinski definition) is 4. The molecule has 0 bridgehead atoms. The molecule has 1 aromatic rings. The molecule has 1 N–H and O–H groups in total. The van der Waals surface area contributed by atoms with E-state index in [0.29, 0.717) is 5.92 Å². The van der Waals surface area contributed by atoms with E-state index in [4.69, 9.17) is 4.98 Å². The van der Waals surface area contributed by atoms with Crippen molar-refractivity contribution < 1.29 is 0 Å². The molecule has 19 heavy (non-hydrogen) atoms. The first-order chi connectivity index (χ1) is 9.13. The van der Waals surface area contributed by atoms with Gasteiger partial charge in [-0.05, 0) is 25.8 Å². The van der Waals surface area contributed by atoms with E-state index in [1.54, 1.807) is 11.3 Å². The van der Waals surface area contributed by atoms with Crippen LogP contribution < -0.4 is 5.32 Å². The summed E-state index contributed by atoms with van der Waals surface area (Å²) in [4.78, 5) is 7.20. The molecule has 0 aromatic carbocycles. The number of nitrogens with one attached hydrogen (secondary N) is 1. The van der Waals surface area contributed by atoms with Gasteiger partial charge < -0.3 is 5.32 Å². The summed E-state index contributed by atoms with van der Waals surface area (Å²) < 4.78 is 0. The van der Waals surface area contributed by atoms with Crippen molar-refractivity contribution in [3.63, 3.8) is 0 Å². The van der Waals surface area contributed by atoms with Crippen LogP contribution in [0.25, 0.3) is 0 Å². The average molecular weight is 279 g/mol. The topological polar surface area (TPSA) is 28.2 Å². The van der Waals surface area contributed by atoms with Crippen LogP contribution in [0, 0.1) is 5.92 Å². The predicted octanol–water partition coefficient (Wildman–Crippen LogP) is 3.04. The van der Waals surface area contributed by atoms with Crippen molar-refractivity contribution in [3.8, 4) is 0 Å². The number of thiazole rings is 1. The minimum Gasteiger partial charge on any atom is -0.310 e. The maximum absolute atomic E-state index is 4.72. The molecule has 0 amide bonds. The van der Waals surface area contributed by atoms with Gasteiger partial charge in [0.1, 0.15) is 5.01 Å². The van der Waals surface area contributed by atoms with Gasteiger partial charge in [0, 0.05) is 31.6 Å². The fraction of sp³-hybridized carbons (Fsp3) is 0.667. The van der Waals surface area contributed by atoms with Crippen LogP contribution in [0.2, 0.25) is 0 Å². The monoisotopic (exact) mass is 279 g/mol. The van der Waals surface area contributed by atoms with Crippen LogP contribution in [0.1, 0.15) is 37.9 Å². The predicted molar refractivity (Wildman–Crippen MR) is 82.3 cm³/mol. The average Bonchev–Trinajstić information content (AvgIpc) is 2.76. The lowest BCUT2D eigenvalue weighted by Gasteiger charge is -2.24. The molecule has 2 heterocycles. The van der Waals surface area contributed by atoms with Crippen LogP contribution in [0.3, 0.4) is 0 Å². The Labute approximate surface area is 120 Å². The molecule has 106 valence electrons. The zero-order chi connectivity index (χ0) is 13.7. The molecule has 0 saturated carbocycles. The van der Waals surface area contributed by atoms with Gasteiger partial charge in [0.05, 0.1) is 5.69 Å². The highest BCUT2D eigenvalue weighted by atomic mass is 32.1. The third-order valence-corrected chi connectivity index (χ3v) is 4.12. The van der Waals surface area contributed by atoms with Gasteiger partial charge >= 0.3 is 0 Å². The highest BCUT2D eigenvalue weighted by molar-refractivity contribution is 7.09. The Hall–Kier alpha value is -0.710. The van der Waals surface area contributed by atoms with E-state index in [1.807, 2.05) is 0 Å². The van der Waals surface area contributed by atoms with E-state index in [1.165, 1.54) is 22.7 Å². The molecular formula is C15H25N3S. The maximum Gasteiger partial charge on any atom is 0.107 e. The highest BCUT2D eigenvalue weighted by Crippen LogP contribution is 2.15. The quantitative estimate of drug-likeness (QED) is 0.811. The lowest BCUT2D eigenvalue weighted by molar-refractivity contribution is 0.279. The Morgan fingerprint density at radius 3 is 3.05 bits per heavy atom. The molecule has 3 nitrogen and oxygen atoms in total. The second kappa shape index (κ2) is 7.17. The van der Waals surface area contributed by atoms with Crippen molar-refractivity contribution in [2.45, 2.75) is 40.3 Å². The van der Waals surface area contributed by atoms with Crippen LogP contribution in [0.5, 0.6) is 0 Å². The molecular weight excluding hydrogens is 254 g/mol. The second-order valence-corrected chi connectivity index (χ2v) is 6.75. The summed E-state index contributed by atoms with van der Waals surface area (Å²) >= 11 is 1.78. The lowest BCUT2D eigenvalue weighted by Crippen LogP contribution is -2.29. The van der Waals surface area contributed by atoms with E-state index in [-0.39, 0.29) is 0 Å². The first-order valence-corrected chi connectivity index (χ1v) is 8.03.